The van der Waals surface area contributed by atoms with E-state index in [1.807, 2.05) is 89.8 Å². The van der Waals surface area contributed by atoms with Gasteiger partial charge >= 0.3 is 6.01 Å². The predicted octanol–water partition coefficient (Wildman–Crippen LogP) is 5.30. The number of hydrogen-bond acceptors (Lipinski definition) is 3. The topological polar surface area (TPSA) is 29.3 Å². The van der Waals surface area contributed by atoms with Gasteiger partial charge < -0.3 is 4.42 Å². The van der Waals surface area contributed by atoms with Gasteiger partial charge in [0.2, 0.25) is 0 Å². The van der Waals surface area contributed by atoms with E-state index >= 15 is 0 Å². The lowest BCUT2D eigenvalue weighted by molar-refractivity contribution is 0.608. The Bertz CT molecular complexity index is 812. The minimum Gasteiger partial charge on any atom is -0.423 e. The summed E-state index contributed by atoms with van der Waals surface area (Å²) in [5.74, 6) is 0. The fourth-order valence-electron chi connectivity index (χ4n) is 2.48. The van der Waals surface area contributed by atoms with Crippen LogP contribution in [0.2, 0.25) is 0 Å². The first kappa shape index (κ1) is 12.7. The van der Waals surface area contributed by atoms with Gasteiger partial charge in [-0.1, -0.05) is 48.5 Å². The van der Waals surface area contributed by atoms with Crippen molar-refractivity contribution in [3.8, 4) is 0 Å². The molecule has 0 aliphatic heterocycles. The van der Waals surface area contributed by atoms with Crippen molar-refractivity contribution < 1.29 is 4.42 Å². The molecule has 0 bridgehead atoms. The van der Waals surface area contributed by atoms with Gasteiger partial charge in [0, 0.05) is 0 Å². The number of para-hydroxylation sites is 4. The molecule has 0 N–H and O–H groups in total. The first-order valence-corrected chi connectivity index (χ1v) is 7.17. The Labute approximate surface area is 128 Å². The van der Waals surface area contributed by atoms with E-state index in [1.165, 1.54) is 0 Å². The molecule has 1 aromatic heterocycles. The smallest absolute Gasteiger partial charge is 0.307 e. The van der Waals surface area contributed by atoms with Gasteiger partial charge in [-0.25, -0.2) is 0 Å². The summed E-state index contributed by atoms with van der Waals surface area (Å²) < 4.78 is 5.95. The highest BCUT2D eigenvalue weighted by atomic mass is 16.4. The van der Waals surface area contributed by atoms with E-state index in [4.69, 9.17) is 4.42 Å². The highest BCUT2D eigenvalue weighted by Gasteiger charge is 2.17. The standard InChI is InChI=1S/C19H14N2O/c1-3-9-15(10-4-1)21(16-11-5-2-6-12-16)19-20-17-13-7-8-14-18(17)22-19/h1-14H. The molecule has 0 fully saturated rings. The first-order valence-electron chi connectivity index (χ1n) is 7.17. The third kappa shape index (κ3) is 2.23. The third-order valence-corrected chi connectivity index (χ3v) is 3.50. The largest absolute Gasteiger partial charge is 0.423 e. The van der Waals surface area contributed by atoms with Gasteiger partial charge in [0.05, 0.1) is 11.4 Å². The second kappa shape index (κ2) is 5.37. The molecule has 4 rings (SSSR count). The summed E-state index contributed by atoms with van der Waals surface area (Å²) in [6.07, 6.45) is 0. The van der Waals surface area contributed by atoms with Gasteiger partial charge in [-0.3, -0.25) is 4.90 Å². The Morgan fingerprint density at radius 1 is 0.636 bits per heavy atom. The minimum atomic E-state index is 0.568. The molecule has 0 saturated carbocycles. The highest BCUT2D eigenvalue weighted by molar-refractivity contribution is 5.79. The molecule has 22 heavy (non-hydrogen) atoms. The van der Waals surface area contributed by atoms with Crippen LogP contribution in [0.3, 0.4) is 0 Å². The molecule has 0 amide bonds. The van der Waals surface area contributed by atoms with E-state index in [0.29, 0.717) is 6.01 Å². The molecule has 0 atom stereocenters. The zero-order valence-corrected chi connectivity index (χ0v) is 11.9. The maximum atomic E-state index is 5.95. The molecule has 1 heterocycles. The van der Waals surface area contributed by atoms with Crippen LogP contribution < -0.4 is 4.90 Å². The Hall–Kier alpha value is -3.07. The summed E-state index contributed by atoms with van der Waals surface area (Å²) in [5, 5.41) is 0. The van der Waals surface area contributed by atoms with E-state index in [1.54, 1.807) is 0 Å². The van der Waals surface area contributed by atoms with Crippen LogP contribution in [0.1, 0.15) is 0 Å². The van der Waals surface area contributed by atoms with Gasteiger partial charge in [0.15, 0.2) is 5.58 Å². The molecule has 3 heteroatoms. The van der Waals surface area contributed by atoms with Gasteiger partial charge in [-0.2, -0.15) is 4.98 Å². The van der Waals surface area contributed by atoms with Crippen LogP contribution >= 0.6 is 0 Å². The van der Waals surface area contributed by atoms with Crippen LogP contribution in [-0.4, -0.2) is 4.98 Å². The monoisotopic (exact) mass is 286 g/mol. The second-order valence-corrected chi connectivity index (χ2v) is 4.97. The van der Waals surface area contributed by atoms with E-state index in [9.17, 15) is 0 Å². The molecule has 0 saturated heterocycles. The molecule has 3 nitrogen and oxygen atoms in total. The number of benzene rings is 3. The fraction of sp³-hybridized carbons (Fsp3) is 0. The fourth-order valence-corrected chi connectivity index (χ4v) is 2.48. The molecule has 0 spiro atoms. The number of aromatic nitrogens is 1. The molecule has 4 aromatic rings. The van der Waals surface area contributed by atoms with Gasteiger partial charge in [0.1, 0.15) is 5.52 Å². The Morgan fingerprint density at radius 3 is 1.77 bits per heavy atom. The van der Waals surface area contributed by atoms with Crippen molar-refractivity contribution in [2.75, 3.05) is 4.90 Å². The molecular formula is C19H14N2O. The molecule has 3 aromatic carbocycles. The zero-order valence-electron chi connectivity index (χ0n) is 11.9. The van der Waals surface area contributed by atoms with Crippen LogP contribution in [0.4, 0.5) is 17.4 Å². The lowest BCUT2D eigenvalue weighted by Gasteiger charge is -2.20. The van der Waals surface area contributed by atoms with Gasteiger partial charge in [0.25, 0.3) is 0 Å². The van der Waals surface area contributed by atoms with Crippen molar-refractivity contribution in [2.24, 2.45) is 0 Å². The summed E-state index contributed by atoms with van der Waals surface area (Å²) in [6.45, 7) is 0. The molecular weight excluding hydrogens is 272 g/mol. The van der Waals surface area contributed by atoms with Crippen molar-refractivity contribution >= 4 is 28.5 Å². The maximum absolute atomic E-state index is 5.95. The minimum absolute atomic E-state index is 0.568. The Morgan fingerprint density at radius 2 is 1.18 bits per heavy atom. The number of hydrogen-bond donors (Lipinski definition) is 0. The quantitative estimate of drug-likeness (QED) is 0.512. The molecule has 106 valence electrons. The second-order valence-electron chi connectivity index (χ2n) is 4.97. The van der Waals surface area contributed by atoms with E-state index < -0.39 is 0 Å². The lowest BCUT2D eigenvalue weighted by atomic mass is 10.2. The zero-order chi connectivity index (χ0) is 14.8. The van der Waals surface area contributed by atoms with E-state index in [2.05, 4.69) is 4.98 Å². The first-order chi connectivity index (χ1) is 10.9. The van der Waals surface area contributed by atoms with Crippen molar-refractivity contribution in [3.05, 3.63) is 84.9 Å². The maximum Gasteiger partial charge on any atom is 0.307 e. The van der Waals surface area contributed by atoms with Gasteiger partial charge in [-0.05, 0) is 36.4 Å². The summed E-state index contributed by atoms with van der Waals surface area (Å²) in [4.78, 5) is 6.64. The Balaban J connectivity index is 1.90. The van der Waals surface area contributed by atoms with Crippen LogP contribution in [0.15, 0.2) is 89.3 Å². The average molecular weight is 286 g/mol. The van der Waals surface area contributed by atoms with E-state index in [0.717, 1.165) is 22.5 Å². The predicted molar refractivity (Wildman–Crippen MR) is 88.7 cm³/mol. The van der Waals surface area contributed by atoms with Crippen LogP contribution in [-0.2, 0) is 0 Å². The highest BCUT2D eigenvalue weighted by Crippen LogP contribution is 2.34. The van der Waals surface area contributed by atoms with E-state index in [-0.39, 0.29) is 0 Å². The summed E-state index contributed by atoms with van der Waals surface area (Å²) in [7, 11) is 0. The summed E-state index contributed by atoms with van der Waals surface area (Å²) in [6, 6.07) is 28.6. The number of oxazole rings is 1. The number of rotatable bonds is 3. The molecule has 0 unspecified atom stereocenters. The summed E-state index contributed by atoms with van der Waals surface area (Å²) >= 11 is 0. The Kier molecular flexibility index (Phi) is 3.09. The molecule has 0 aliphatic carbocycles. The van der Waals surface area contributed by atoms with Crippen LogP contribution in [0.25, 0.3) is 11.1 Å². The number of anilines is 3. The van der Waals surface area contributed by atoms with Crippen molar-refractivity contribution in [1.82, 2.24) is 4.98 Å². The SMILES string of the molecule is c1ccc(N(c2ccccc2)c2nc3ccccc3o2)cc1. The molecule has 0 radical (unpaired) electrons. The van der Waals surface area contributed by atoms with Crippen LogP contribution in [0, 0.1) is 0 Å². The number of nitrogens with zero attached hydrogens (tertiary/aromatic N) is 2. The molecule has 0 aliphatic rings. The van der Waals surface area contributed by atoms with Crippen molar-refractivity contribution in [3.63, 3.8) is 0 Å². The summed E-state index contributed by atoms with van der Waals surface area (Å²) in [5.41, 5.74) is 3.67. The van der Waals surface area contributed by atoms with Crippen molar-refractivity contribution in [2.45, 2.75) is 0 Å². The number of fused-ring (bicyclic) bond motifs is 1. The third-order valence-electron chi connectivity index (χ3n) is 3.50. The van der Waals surface area contributed by atoms with Crippen molar-refractivity contribution in [1.29, 1.82) is 0 Å². The van der Waals surface area contributed by atoms with Gasteiger partial charge in [-0.15, -0.1) is 0 Å². The average Bonchev–Trinajstić information content (AvgIpc) is 3.00. The van der Waals surface area contributed by atoms with Crippen LogP contribution in [0.5, 0.6) is 0 Å². The normalized spacial score (nSPS) is 10.7. The lowest BCUT2D eigenvalue weighted by Crippen LogP contribution is -2.09.